The lowest BCUT2D eigenvalue weighted by Gasteiger charge is -2.37. The smallest absolute Gasteiger partial charge is 0.282 e. The van der Waals surface area contributed by atoms with Gasteiger partial charge < -0.3 is 9.47 Å². The minimum atomic E-state index is -3.39. The van der Waals surface area contributed by atoms with Crippen LogP contribution in [0.5, 0.6) is 5.75 Å². The first-order valence-electron chi connectivity index (χ1n) is 9.80. The molecule has 2 aromatic rings. The van der Waals surface area contributed by atoms with Gasteiger partial charge in [-0.3, -0.25) is 4.90 Å². The van der Waals surface area contributed by atoms with Crippen LogP contribution in [0.25, 0.3) is 5.69 Å². The van der Waals surface area contributed by atoms with Crippen LogP contribution >= 0.6 is 0 Å². The molecule has 0 radical (unpaired) electrons. The summed E-state index contributed by atoms with van der Waals surface area (Å²) in [5.41, 5.74) is 1.98. The average Bonchev–Trinajstić information content (AvgIpc) is 3.23. The molecule has 0 saturated carbocycles. The molecule has 1 aromatic carbocycles. The molecule has 0 atom stereocenters. The molecule has 2 fully saturated rings. The third kappa shape index (κ3) is 4.46. The van der Waals surface area contributed by atoms with Crippen LogP contribution in [0.4, 0.5) is 0 Å². The highest BCUT2D eigenvalue weighted by molar-refractivity contribution is 7.86. The first-order valence-corrected chi connectivity index (χ1v) is 11.2. The maximum atomic E-state index is 12.8. The average molecular weight is 422 g/mol. The highest BCUT2D eigenvalue weighted by Gasteiger charge is 2.33. The fraction of sp³-hybridized carbons (Fsp3) is 0.526. The van der Waals surface area contributed by atoms with E-state index < -0.39 is 10.2 Å². The predicted molar refractivity (Wildman–Crippen MR) is 108 cm³/mol. The van der Waals surface area contributed by atoms with E-state index in [0.29, 0.717) is 52.5 Å². The Morgan fingerprint density at radius 3 is 2.45 bits per heavy atom. The van der Waals surface area contributed by atoms with Crippen LogP contribution in [0, 0.1) is 0 Å². The fourth-order valence-corrected chi connectivity index (χ4v) is 5.27. The molecule has 1 aromatic heterocycles. The molecule has 4 rings (SSSR count). The van der Waals surface area contributed by atoms with Gasteiger partial charge in [0.15, 0.2) is 0 Å². The molecule has 2 saturated heterocycles. The fourth-order valence-electron chi connectivity index (χ4n) is 3.71. The molecule has 0 bridgehead atoms. The number of benzene rings is 1. The Morgan fingerprint density at radius 1 is 1.03 bits per heavy atom. The molecular weight excluding hydrogens is 394 g/mol. The molecule has 3 heterocycles. The SMILES string of the molecule is COc1ccccc1-n1cc(CN2CCN(S(=O)(=O)N3CCOCC3)CC2)cn1. The van der Waals surface area contributed by atoms with E-state index in [1.807, 2.05) is 41.3 Å². The number of rotatable bonds is 6. The van der Waals surface area contributed by atoms with Gasteiger partial charge in [-0.15, -0.1) is 0 Å². The molecule has 0 amide bonds. The first-order chi connectivity index (χ1) is 14.1. The molecule has 2 aliphatic rings. The second-order valence-electron chi connectivity index (χ2n) is 7.16. The molecule has 2 aliphatic heterocycles. The Morgan fingerprint density at radius 2 is 1.72 bits per heavy atom. The second-order valence-corrected chi connectivity index (χ2v) is 9.09. The summed E-state index contributed by atoms with van der Waals surface area (Å²) in [6, 6.07) is 7.75. The largest absolute Gasteiger partial charge is 0.494 e. The van der Waals surface area contributed by atoms with Crippen molar-refractivity contribution in [3.8, 4) is 11.4 Å². The van der Waals surface area contributed by atoms with Crippen LogP contribution in [0.3, 0.4) is 0 Å². The quantitative estimate of drug-likeness (QED) is 0.679. The van der Waals surface area contributed by atoms with Gasteiger partial charge in [-0.25, -0.2) is 4.68 Å². The zero-order chi connectivity index (χ0) is 20.3. The number of para-hydroxylation sites is 2. The standard InChI is InChI=1S/C19H27N5O4S/c1-27-19-5-3-2-4-18(19)24-16-17(14-20-24)15-21-6-8-22(9-7-21)29(25,26)23-10-12-28-13-11-23/h2-5,14,16H,6-13,15H2,1H3. The van der Waals surface area contributed by atoms with Gasteiger partial charge >= 0.3 is 0 Å². The Hall–Kier alpha value is -1.98. The summed E-state index contributed by atoms with van der Waals surface area (Å²) >= 11 is 0. The molecular formula is C19H27N5O4S. The van der Waals surface area contributed by atoms with Crippen LogP contribution in [0.1, 0.15) is 5.56 Å². The Balaban J connectivity index is 1.35. The zero-order valence-electron chi connectivity index (χ0n) is 16.6. The van der Waals surface area contributed by atoms with Crippen LogP contribution in [-0.4, -0.2) is 91.3 Å². The molecule has 29 heavy (non-hydrogen) atoms. The monoisotopic (exact) mass is 421 g/mol. The molecule has 9 nitrogen and oxygen atoms in total. The van der Waals surface area contributed by atoms with Gasteiger partial charge in [0.25, 0.3) is 10.2 Å². The van der Waals surface area contributed by atoms with E-state index in [1.54, 1.807) is 11.4 Å². The van der Waals surface area contributed by atoms with Crippen molar-refractivity contribution in [1.82, 2.24) is 23.3 Å². The van der Waals surface area contributed by atoms with Gasteiger partial charge in [-0.1, -0.05) is 12.1 Å². The van der Waals surface area contributed by atoms with Gasteiger partial charge in [0, 0.05) is 57.6 Å². The van der Waals surface area contributed by atoms with Gasteiger partial charge in [0.2, 0.25) is 0 Å². The minimum absolute atomic E-state index is 0.435. The van der Waals surface area contributed by atoms with Crippen LogP contribution in [0.2, 0.25) is 0 Å². The van der Waals surface area contributed by atoms with Crippen molar-refractivity contribution in [3.63, 3.8) is 0 Å². The summed E-state index contributed by atoms with van der Waals surface area (Å²) in [4.78, 5) is 2.26. The summed E-state index contributed by atoms with van der Waals surface area (Å²) in [5.74, 6) is 0.768. The van der Waals surface area contributed by atoms with E-state index in [0.717, 1.165) is 23.5 Å². The van der Waals surface area contributed by atoms with E-state index >= 15 is 0 Å². The molecule has 0 unspecified atom stereocenters. The van der Waals surface area contributed by atoms with Crippen molar-refractivity contribution in [2.24, 2.45) is 0 Å². The third-order valence-electron chi connectivity index (χ3n) is 5.33. The first kappa shape index (κ1) is 20.3. The molecule has 0 N–H and O–H groups in total. The maximum absolute atomic E-state index is 12.8. The Bertz CT molecular complexity index is 918. The van der Waals surface area contributed by atoms with Crippen molar-refractivity contribution in [3.05, 3.63) is 42.2 Å². The Labute approximate surface area is 171 Å². The van der Waals surface area contributed by atoms with E-state index in [9.17, 15) is 8.42 Å². The number of nitrogens with zero attached hydrogens (tertiary/aromatic N) is 5. The van der Waals surface area contributed by atoms with E-state index in [-0.39, 0.29) is 0 Å². The minimum Gasteiger partial charge on any atom is -0.494 e. The molecule has 0 spiro atoms. The molecule has 0 aliphatic carbocycles. The number of hydrogen-bond acceptors (Lipinski definition) is 6. The zero-order valence-corrected chi connectivity index (χ0v) is 17.4. The number of methoxy groups -OCH3 is 1. The van der Waals surface area contributed by atoms with E-state index in [1.165, 1.54) is 4.31 Å². The summed E-state index contributed by atoms with van der Waals surface area (Å²) in [7, 11) is -1.74. The number of aromatic nitrogens is 2. The highest BCUT2D eigenvalue weighted by atomic mass is 32.2. The second kappa shape index (κ2) is 8.80. The van der Waals surface area contributed by atoms with Gasteiger partial charge in [-0.2, -0.15) is 22.1 Å². The van der Waals surface area contributed by atoms with Crippen LogP contribution in [-0.2, 0) is 21.5 Å². The lowest BCUT2D eigenvalue weighted by molar-refractivity contribution is 0.0684. The van der Waals surface area contributed by atoms with Gasteiger partial charge in [0.1, 0.15) is 11.4 Å². The van der Waals surface area contributed by atoms with Crippen LogP contribution < -0.4 is 4.74 Å². The van der Waals surface area contributed by atoms with Crippen molar-refractivity contribution < 1.29 is 17.9 Å². The summed E-state index contributed by atoms with van der Waals surface area (Å²) in [5, 5.41) is 4.46. The van der Waals surface area contributed by atoms with Crippen molar-refractivity contribution in [1.29, 1.82) is 0 Å². The van der Waals surface area contributed by atoms with Gasteiger partial charge in [-0.05, 0) is 12.1 Å². The Kier molecular flexibility index (Phi) is 6.16. The number of piperazine rings is 1. The third-order valence-corrected chi connectivity index (χ3v) is 7.36. The normalized spacial score (nSPS) is 20.0. The lowest BCUT2D eigenvalue weighted by atomic mass is 10.2. The molecule has 10 heteroatoms. The number of ether oxygens (including phenoxy) is 2. The predicted octanol–water partition coefficient (Wildman–Crippen LogP) is 0.576. The molecule has 158 valence electrons. The van der Waals surface area contributed by atoms with E-state index in [4.69, 9.17) is 9.47 Å². The lowest BCUT2D eigenvalue weighted by Crippen LogP contribution is -2.54. The van der Waals surface area contributed by atoms with Crippen molar-refractivity contribution >= 4 is 10.2 Å². The summed E-state index contributed by atoms with van der Waals surface area (Å²) in [6.45, 7) is 4.94. The van der Waals surface area contributed by atoms with Crippen molar-refractivity contribution in [2.45, 2.75) is 6.54 Å². The number of hydrogen-bond donors (Lipinski definition) is 0. The maximum Gasteiger partial charge on any atom is 0.282 e. The van der Waals surface area contributed by atoms with E-state index in [2.05, 4.69) is 10.00 Å². The summed E-state index contributed by atoms with van der Waals surface area (Å²) < 4.78 is 41.2. The topological polar surface area (TPSA) is 80.1 Å². The van der Waals surface area contributed by atoms with Crippen molar-refractivity contribution in [2.75, 3.05) is 59.6 Å². The number of morpholine rings is 1. The highest BCUT2D eigenvalue weighted by Crippen LogP contribution is 2.22. The summed E-state index contributed by atoms with van der Waals surface area (Å²) in [6.07, 6.45) is 3.85. The van der Waals surface area contributed by atoms with Gasteiger partial charge in [0.05, 0.1) is 26.5 Å². The van der Waals surface area contributed by atoms with Crippen LogP contribution in [0.15, 0.2) is 36.7 Å².